The van der Waals surface area contributed by atoms with Gasteiger partial charge in [0.05, 0.1) is 0 Å². The maximum atomic E-state index is 13.1. The maximum Gasteiger partial charge on any atom is 0.513 e. The molecule has 0 aromatic heterocycles. The Bertz CT molecular complexity index is 1340. The first-order valence-corrected chi connectivity index (χ1v) is 16.5. The zero-order chi connectivity index (χ0) is 36.3. The minimum Gasteiger partial charge on any atom is -0.398 e. The van der Waals surface area contributed by atoms with Crippen LogP contribution in [0.25, 0.3) is 0 Å². The summed E-state index contributed by atoms with van der Waals surface area (Å²) in [7, 11) is 0. The van der Waals surface area contributed by atoms with Gasteiger partial charge in [-0.1, -0.05) is 115 Å². The predicted octanol–water partition coefficient (Wildman–Crippen LogP) is 9.75. The Hall–Kier alpha value is -3.95. The molecule has 0 aliphatic heterocycles. The molecular formula is C39H54O9. The van der Waals surface area contributed by atoms with E-state index in [2.05, 4.69) is 27.7 Å². The van der Waals surface area contributed by atoms with Gasteiger partial charge in [0, 0.05) is 49.7 Å². The molecule has 0 unspecified atom stereocenters. The zero-order valence-electron chi connectivity index (χ0n) is 30.8. The lowest BCUT2D eigenvalue weighted by Gasteiger charge is -2.31. The van der Waals surface area contributed by atoms with E-state index in [9.17, 15) is 14.4 Å². The smallest absolute Gasteiger partial charge is 0.398 e. The molecule has 2 aromatic carbocycles. The highest BCUT2D eigenvalue weighted by molar-refractivity contribution is 5.89. The monoisotopic (exact) mass is 666 g/mol. The molecule has 0 saturated carbocycles. The third-order valence-corrected chi connectivity index (χ3v) is 8.31. The molecule has 2 rings (SSSR count). The summed E-state index contributed by atoms with van der Waals surface area (Å²) in [5.74, 6) is -4.86. The fourth-order valence-electron chi connectivity index (χ4n) is 5.60. The largest absolute Gasteiger partial charge is 0.513 e. The minimum absolute atomic E-state index is 0.402. The van der Waals surface area contributed by atoms with Crippen molar-refractivity contribution < 1.29 is 43.4 Å². The molecule has 9 heteroatoms. The van der Waals surface area contributed by atoms with Crippen LogP contribution in [0.2, 0.25) is 0 Å². The van der Waals surface area contributed by atoms with Crippen molar-refractivity contribution in [2.75, 3.05) is 0 Å². The van der Waals surface area contributed by atoms with E-state index in [1.54, 1.807) is 13.8 Å². The van der Waals surface area contributed by atoms with Crippen LogP contribution < -0.4 is 0 Å². The first-order chi connectivity index (χ1) is 22.3. The van der Waals surface area contributed by atoms with Gasteiger partial charge in [0.1, 0.15) is 0 Å². The summed E-state index contributed by atoms with van der Waals surface area (Å²) in [6, 6.07) is 19.8. The second-order valence-electron chi connectivity index (χ2n) is 13.9. The first-order valence-electron chi connectivity index (χ1n) is 16.5. The van der Waals surface area contributed by atoms with E-state index in [-0.39, 0.29) is 0 Å². The normalized spacial score (nSPS) is 13.6. The molecule has 0 aliphatic carbocycles. The Morgan fingerprint density at radius 3 is 1.15 bits per heavy atom. The highest BCUT2D eigenvalue weighted by atomic mass is 17.3. The molecule has 2 aromatic rings. The molecule has 0 atom stereocenters. The number of hydrogen-bond acceptors (Lipinski definition) is 9. The molecule has 0 saturated heterocycles. The lowest BCUT2D eigenvalue weighted by atomic mass is 9.74. The van der Waals surface area contributed by atoms with Gasteiger partial charge in [-0.05, 0) is 49.0 Å². The van der Waals surface area contributed by atoms with Gasteiger partial charge >= 0.3 is 18.1 Å². The van der Waals surface area contributed by atoms with Crippen molar-refractivity contribution in [1.82, 2.24) is 0 Å². The summed E-state index contributed by atoms with van der Waals surface area (Å²) in [5.41, 5.74) is 3.88. The molecule has 0 spiro atoms. The van der Waals surface area contributed by atoms with Gasteiger partial charge in [-0.15, -0.1) is 9.78 Å². The van der Waals surface area contributed by atoms with Crippen LogP contribution in [0.5, 0.6) is 0 Å². The number of carbonyl (C=O) groups is 3. The minimum atomic E-state index is -1.73. The Kier molecular flexibility index (Phi) is 14.2. The van der Waals surface area contributed by atoms with Crippen LogP contribution in [-0.2, 0) is 49.4 Å². The van der Waals surface area contributed by atoms with Crippen molar-refractivity contribution >= 4 is 18.1 Å². The van der Waals surface area contributed by atoms with Gasteiger partial charge in [-0.3, -0.25) is 9.78 Å². The van der Waals surface area contributed by atoms with Crippen molar-refractivity contribution in [3.8, 4) is 0 Å². The van der Waals surface area contributed by atoms with E-state index in [0.717, 1.165) is 35.1 Å². The molecule has 48 heavy (non-hydrogen) atoms. The number of rotatable bonds is 16. The van der Waals surface area contributed by atoms with Crippen LogP contribution in [0.1, 0.15) is 120 Å². The fraction of sp³-hybridized carbons (Fsp3) is 0.513. The molecule has 264 valence electrons. The molecule has 9 nitrogen and oxygen atoms in total. The number of hydrogen-bond donors (Lipinski definition) is 0. The van der Waals surface area contributed by atoms with Gasteiger partial charge in [0.25, 0.3) is 11.6 Å². The number of ether oxygens (including phenoxy) is 2. The van der Waals surface area contributed by atoms with Crippen LogP contribution in [-0.4, -0.2) is 29.7 Å². The third-order valence-electron chi connectivity index (χ3n) is 8.31. The Morgan fingerprint density at radius 1 is 0.542 bits per heavy atom. The molecule has 0 fully saturated rings. The van der Waals surface area contributed by atoms with E-state index in [1.807, 2.05) is 74.5 Å². The first kappa shape index (κ1) is 40.2. The number of carbonyl (C=O) groups excluding carboxylic acids is 3. The fourth-order valence-corrected chi connectivity index (χ4v) is 5.60. The average Bonchev–Trinajstić information content (AvgIpc) is 3.03. The lowest BCUT2D eigenvalue weighted by Crippen LogP contribution is -2.38. The van der Waals surface area contributed by atoms with E-state index < -0.39 is 40.5 Å². The van der Waals surface area contributed by atoms with E-state index in [0.29, 0.717) is 24.0 Å². The summed E-state index contributed by atoms with van der Waals surface area (Å²) in [6.07, 6.45) is 1.80. The van der Waals surface area contributed by atoms with Crippen LogP contribution >= 0.6 is 0 Å². The molecule has 0 amide bonds. The molecule has 0 bridgehead atoms. The number of benzene rings is 2. The van der Waals surface area contributed by atoms with Crippen molar-refractivity contribution in [1.29, 1.82) is 0 Å². The number of allylic oxidation sites excluding steroid dienone is 2. The third kappa shape index (κ3) is 11.1. The van der Waals surface area contributed by atoms with Gasteiger partial charge in [-0.25, -0.2) is 14.4 Å². The van der Waals surface area contributed by atoms with Crippen molar-refractivity contribution in [3.63, 3.8) is 0 Å². The second-order valence-corrected chi connectivity index (χ2v) is 13.9. The SMILES string of the molecule is CCC/C(=C(\C)C(=O)OOC(C)(C)OC(=O)OC(C)(C)OOC(=O)/C(C)=C(/CCC)C(C)(C)c1ccccc1)C(C)(C)c1ccccc1. The lowest BCUT2D eigenvalue weighted by molar-refractivity contribution is -0.397. The molecule has 0 aliphatic rings. The highest BCUT2D eigenvalue weighted by Crippen LogP contribution is 2.38. The van der Waals surface area contributed by atoms with Gasteiger partial charge < -0.3 is 9.47 Å². The molecule has 0 radical (unpaired) electrons. The van der Waals surface area contributed by atoms with Crippen LogP contribution in [0.3, 0.4) is 0 Å². The van der Waals surface area contributed by atoms with E-state index >= 15 is 0 Å². The van der Waals surface area contributed by atoms with Crippen LogP contribution in [0, 0.1) is 0 Å². The summed E-state index contributed by atoms with van der Waals surface area (Å²) in [6.45, 7) is 21.2. The van der Waals surface area contributed by atoms with Crippen LogP contribution in [0.15, 0.2) is 83.0 Å². The topological polar surface area (TPSA) is 107 Å². The van der Waals surface area contributed by atoms with E-state index in [4.69, 9.17) is 29.0 Å². The Morgan fingerprint density at radius 2 is 0.854 bits per heavy atom. The zero-order valence-corrected chi connectivity index (χ0v) is 30.8. The Labute approximate surface area is 286 Å². The molecule has 0 N–H and O–H groups in total. The molecule has 0 heterocycles. The van der Waals surface area contributed by atoms with Gasteiger partial charge in [-0.2, -0.15) is 0 Å². The van der Waals surface area contributed by atoms with Gasteiger partial charge in [0.2, 0.25) is 0 Å². The summed E-state index contributed by atoms with van der Waals surface area (Å²) in [5, 5.41) is 0. The highest BCUT2D eigenvalue weighted by Gasteiger charge is 2.36. The summed E-state index contributed by atoms with van der Waals surface area (Å²) < 4.78 is 10.5. The maximum absolute atomic E-state index is 13.1. The van der Waals surface area contributed by atoms with Crippen molar-refractivity contribution in [3.05, 3.63) is 94.1 Å². The summed E-state index contributed by atoms with van der Waals surface area (Å²) >= 11 is 0. The standard InChI is InChI=1S/C39H54O9/c1-13-21-31(36(5,6)29-23-17-15-18-24-29)27(3)33(40)45-47-38(9,10)43-35(42)44-39(11,12)48-46-34(41)28(4)32(22-14-2)37(7,8)30-25-19-16-20-26-30/h15-20,23-26H,13-14,21-22H2,1-12H3/b31-27-,32-28-. The Balaban J connectivity index is 2.05. The molecular weight excluding hydrogens is 612 g/mol. The predicted molar refractivity (Wildman–Crippen MR) is 184 cm³/mol. The second kappa shape index (κ2) is 16.9. The van der Waals surface area contributed by atoms with Crippen LogP contribution in [0.4, 0.5) is 4.79 Å². The quantitative estimate of drug-likeness (QED) is 0.0569. The average molecular weight is 667 g/mol. The summed E-state index contributed by atoms with van der Waals surface area (Å²) in [4.78, 5) is 59.6. The van der Waals surface area contributed by atoms with E-state index in [1.165, 1.54) is 27.7 Å². The van der Waals surface area contributed by atoms with Gasteiger partial charge in [0.15, 0.2) is 0 Å². The van der Waals surface area contributed by atoms with Crippen molar-refractivity contribution in [2.45, 2.75) is 131 Å². The van der Waals surface area contributed by atoms with Crippen molar-refractivity contribution in [2.24, 2.45) is 0 Å².